The standard InChI is InChI=1S/C13H18N2O2/c1-9-4-3-5-11(17-2)13(9)10-8-12(16)15-7-6-14-10/h3-5,10,14H,6-8H2,1-2H3,(H,15,16). The van der Waals surface area contributed by atoms with E-state index in [2.05, 4.69) is 10.6 Å². The monoisotopic (exact) mass is 234 g/mol. The van der Waals surface area contributed by atoms with E-state index >= 15 is 0 Å². The van der Waals surface area contributed by atoms with Gasteiger partial charge in [-0.1, -0.05) is 12.1 Å². The van der Waals surface area contributed by atoms with Crippen LogP contribution in [0.25, 0.3) is 0 Å². The van der Waals surface area contributed by atoms with Crippen molar-refractivity contribution in [3.8, 4) is 5.75 Å². The van der Waals surface area contributed by atoms with Crippen LogP contribution >= 0.6 is 0 Å². The third kappa shape index (κ3) is 2.58. The summed E-state index contributed by atoms with van der Waals surface area (Å²) in [5.41, 5.74) is 2.24. The number of carbonyl (C=O) groups is 1. The Morgan fingerprint density at radius 1 is 1.35 bits per heavy atom. The largest absolute Gasteiger partial charge is 0.496 e. The van der Waals surface area contributed by atoms with Crippen LogP contribution in [-0.2, 0) is 4.79 Å². The lowest BCUT2D eigenvalue weighted by Gasteiger charge is -2.20. The molecule has 1 unspecified atom stereocenters. The SMILES string of the molecule is COc1cccc(C)c1C1CC(=O)NCCN1. The number of rotatable bonds is 2. The third-order valence-electron chi connectivity index (χ3n) is 3.08. The first kappa shape index (κ1) is 11.9. The van der Waals surface area contributed by atoms with Gasteiger partial charge in [-0.2, -0.15) is 0 Å². The Hall–Kier alpha value is -1.55. The Bertz CT molecular complexity index is 418. The molecule has 1 aromatic carbocycles. The summed E-state index contributed by atoms with van der Waals surface area (Å²) in [6.45, 7) is 3.51. The van der Waals surface area contributed by atoms with Crippen molar-refractivity contribution in [2.24, 2.45) is 0 Å². The number of methoxy groups -OCH3 is 1. The first-order valence-electron chi connectivity index (χ1n) is 5.86. The molecule has 4 heteroatoms. The number of carbonyl (C=O) groups excluding carboxylic acids is 1. The van der Waals surface area contributed by atoms with E-state index in [-0.39, 0.29) is 11.9 Å². The van der Waals surface area contributed by atoms with Gasteiger partial charge in [-0.3, -0.25) is 4.79 Å². The van der Waals surface area contributed by atoms with Crippen LogP contribution in [0.2, 0.25) is 0 Å². The van der Waals surface area contributed by atoms with Gasteiger partial charge in [0.25, 0.3) is 0 Å². The molecule has 0 spiro atoms. The van der Waals surface area contributed by atoms with E-state index in [4.69, 9.17) is 4.74 Å². The molecule has 2 rings (SSSR count). The highest BCUT2D eigenvalue weighted by Crippen LogP contribution is 2.30. The van der Waals surface area contributed by atoms with Crippen LogP contribution in [0.15, 0.2) is 18.2 Å². The van der Waals surface area contributed by atoms with Crippen LogP contribution in [0, 0.1) is 6.92 Å². The molecule has 1 aliphatic rings. The molecule has 0 saturated carbocycles. The van der Waals surface area contributed by atoms with Crippen LogP contribution in [0.5, 0.6) is 5.75 Å². The summed E-state index contributed by atoms with van der Waals surface area (Å²) in [6.07, 6.45) is 0.460. The highest BCUT2D eigenvalue weighted by molar-refractivity contribution is 5.77. The third-order valence-corrected chi connectivity index (χ3v) is 3.08. The van der Waals surface area contributed by atoms with E-state index in [1.54, 1.807) is 7.11 Å². The molecule has 1 saturated heterocycles. The minimum Gasteiger partial charge on any atom is -0.496 e. The Labute approximate surface area is 101 Å². The second-order valence-corrected chi connectivity index (χ2v) is 4.25. The lowest BCUT2D eigenvalue weighted by molar-refractivity contribution is -0.121. The van der Waals surface area contributed by atoms with Crippen molar-refractivity contribution in [2.75, 3.05) is 20.2 Å². The Morgan fingerprint density at radius 3 is 2.94 bits per heavy atom. The normalized spacial score (nSPS) is 20.6. The van der Waals surface area contributed by atoms with E-state index < -0.39 is 0 Å². The number of amides is 1. The zero-order valence-corrected chi connectivity index (χ0v) is 10.2. The van der Waals surface area contributed by atoms with Crippen molar-refractivity contribution < 1.29 is 9.53 Å². The number of benzene rings is 1. The molecule has 1 amide bonds. The molecule has 17 heavy (non-hydrogen) atoms. The molecule has 0 aromatic heterocycles. The maximum absolute atomic E-state index is 11.6. The molecular formula is C13H18N2O2. The van der Waals surface area contributed by atoms with Gasteiger partial charge in [0.05, 0.1) is 7.11 Å². The van der Waals surface area contributed by atoms with Crippen molar-refractivity contribution in [1.29, 1.82) is 0 Å². The topological polar surface area (TPSA) is 50.4 Å². The molecule has 92 valence electrons. The molecule has 1 heterocycles. The number of ether oxygens (including phenoxy) is 1. The Morgan fingerprint density at radius 2 is 2.18 bits per heavy atom. The number of hydrogen-bond acceptors (Lipinski definition) is 3. The Kier molecular flexibility index (Phi) is 3.64. The van der Waals surface area contributed by atoms with Gasteiger partial charge in [-0.25, -0.2) is 0 Å². The van der Waals surface area contributed by atoms with Crippen LogP contribution in [-0.4, -0.2) is 26.1 Å². The molecule has 0 bridgehead atoms. The van der Waals surface area contributed by atoms with Gasteiger partial charge in [0.2, 0.25) is 5.91 Å². The van der Waals surface area contributed by atoms with Gasteiger partial charge in [-0.05, 0) is 18.6 Å². The van der Waals surface area contributed by atoms with E-state index in [9.17, 15) is 4.79 Å². The zero-order chi connectivity index (χ0) is 12.3. The summed E-state index contributed by atoms with van der Waals surface area (Å²) in [7, 11) is 1.66. The quantitative estimate of drug-likeness (QED) is 0.807. The van der Waals surface area contributed by atoms with Gasteiger partial charge in [-0.15, -0.1) is 0 Å². The first-order chi connectivity index (χ1) is 8.22. The maximum atomic E-state index is 11.6. The van der Waals surface area contributed by atoms with Crippen molar-refractivity contribution in [2.45, 2.75) is 19.4 Å². The highest BCUT2D eigenvalue weighted by atomic mass is 16.5. The molecule has 1 aromatic rings. The summed E-state index contributed by atoms with van der Waals surface area (Å²) in [4.78, 5) is 11.6. The van der Waals surface area contributed by atoms with Gasteiger partial charge in [0, 0.05) is 31.1 Å². The molecule has 1 fully saturated rings. The highest BCUT2D eigenvalue weighted by Gasteiger charge is 2.22. The summed E-state index contributed by atoms with van der Waals surface area (Å²) in [5, 5.41) is 6.24. The van der Waals surface area contributed by atoms with E-state index in [0.29, 0.717) is 13.0 Å². The second kappa shape index (κ2) is 5.19. The molecule has 1 atom stereocenters. The minimum absolute atomic E-state index is 0.0358. The number of aryl methyl sites for hydroxylation is 1. The average molecular weight is 234 g/mol. The number of nitrogens with one attached hydrogen (secondary N) is 2. The second-order valence-electron chi connectivity index (χ2n) is 4.25. The number of hydrogen-bond donors (Lipinski definition) is 2. The minimum atomic E-state index is 0.0358. The van der Waals surface area contributed by atoms with Crippen molar-refractivity contribution in [1.82, 2.24) is 10.6 Å². The Balaban J connectivity index is 2.34. The first-order valence-corrected chi connectivity index (χ1v) is 5.86. The maximum Gasteiger partial charge on any atom is 0.221 e. The van der Waals surface area contributed by atoms with Gasteiger partial charge in [0.15, 0.2) is 0 Å². The summed E-state index contributed by atoms with van der Waals surface area (Å²) in [5.74, 6) is 0.933. The predicted molar refractivity (Wildman–Crippen MR) is 66.1 cm³/mol. The van der Waals surface area contributed by atoms with Gasteiger partial charge in [0.1, 0.15) is 5.75 Å². The molecule has 1 aliphatic heterocycles. The summed E-state index contributed by atoms with van der Waals surface area (Å²) >= 11 is 0. The van der Waals surface area contributed by atoms with Crippen molar-refractivity contribution in [3.63, 3.8) is 0 Å². The van der Waals surface area contributed by atoms with Crippen LogP contribution < -0.4 is 15.4 Å². The summed E-state index contributed by atoms with van der Waals surface area (Å²) < 4.78 is 5.38. The summed E-state index contributed by atoms with van der Waals surface area (Å²) in [6, 6.07) is 5.98. The molecular weight excluding hydrogens is 216 g/mol. The fourth-order valence-electron chi connectivity index (χ4n) is 2.26. The average Bonchev–Trinajstić information content (AvgIpc) is 2.53. The lowest BCUT2D eigenvalue weighted by atomic mass is 9.97. The van der Waals surface area contributed by atoms with E-state index in [1.165, 1.54) is 0 Å². The van der Waals surface area contributed by atoms with Gasteiger partial charge >= 0.3 is 0 Å². The van der Waals surface area contributed by atoms with Crippen molar-refractivity contribution >= 4 is 5.91 Å². The predicted octanol–water partition coefficient (Wildman–Crippen LogP) is 1.15. The molecule has 0 aliphatic carbocycles. The van der Waals surface area contributed by atoms with Crippen molar-refractivity contribution in [3.05, 3.63) is 29.3 Å². The fourth-order valence-corrected chi connectivity index (χ4v) is 2.26. The molecule has 2 N–H and O–H groups in total. The molecule has 0 radical (unpaired) electrons. The van der Waals surface area contributed by atoms with Crippen LogP contribution in [0.3, 0.4) is 0 Å². The lowest BCUT2D eigenvalue weighted by Crippen LogP contribution is -2.25. The smallest absolute Gasteiger partial charge is 0.221 e. The van der Waals surface area contributed by atoms with E-state index in [1.807, 2.05) is 25.1 Å². The van der Waals surface area contributed by atoms with Crippen LogP contribution in [0.4, 0.5) is 0 Å². The zero-order valence-electron chi connectivity index (χ0n) is 10.2. The molecule has 4 nitrogen and oxygen atoms in total. The van der Waals surface area contributed by atoms with Crippen LogP contribution in [0.1, 0.15) is 23.6 Å². The van der Waals surface area contributed by atoms with Gasteiger partial charge < -0.3 is 15.4 Å². The van der Waals surface area contributed by atoms with E-state index in [0.717, 1.165) is 23.4 Å². The fraction of sp³-hybridized carbons (Fsp3) is 0.462.